The fourth-order valence-corrected chi connectivity index (χ4v) is 3.30. The zero-order valence-corrected chi connectivity index (χ0v) is 15.9. The highest BCUT2D eigenvalue weighted by Gasteiger charge is 2.36. The van der Waals surface area contributed by atoms with Crippen molar-refractivity contribution < 1.29 is 14.6 Å². The van der Waals surface area contributed by atoms with Gasteiger partial charge in [-0.2, -0.15) is 0 Å². The van der Waals surface area contributed by atoms with Crippen LogP contribution in [0.15, 0.2) is 60.7 Å². The normalized spacial score (nSPS) is 14.7. The average molecular weight is 355 g/mol. The number of rotatable bonds is 9. The van der Waals surface area contributed by atoms with Gasteiger partial charge in [-0.3, -0.25) is 9.69 Å². The van der Waals surface area contributed by atoms with Crippen molar-refractivity contribution in [2.75, 3.05) is 26.7 Å². The van der Waals surface area contributed by atoms with Crippen molar-refractivity contribution in [3.8, 4) is 0 Å². The number of esters is 1. The molecule has 0 saturated carbocycles. The molecule has 2 unspecified atom stereocenters. The van der Waals surface area contributed by atoms with E-state index in [1.54, 1.807) is 6.92 Å². The molecule has 2 aromatic carbocycles. The Hall–Kier alpha value is -2.17. The molecule has 0 aliphatic carbocycles. The second kappa shape index (κ2) is 9.51. The number of hydrogen-bond acceptors (Lipinski definition) is 4. The number of carbonyl (C=O) groups is 1. The lowest BCUT2D eigenvalue weighted by Gasteiger charge is -2.37. The Labute approximate surface area is 156 Å². The van der Waals surface area contributed by atoms with Gasteiger partial charge >= 0.3 is 5.97 Å². The zero-order chi connectivity index (χ0) is 19.0. The summed E-state index contributed by atoms with van der Waals surface area (Å²) >= 11 is 0. The first-order valence-corrected chi connectivity index (χ1v) is 9.11. The Balaban J connectivity index is 2.19. The van der Waals surface area contributed by atoms with Crippen LogP contribution in [0, 0.1) is 5.92 Å². The molecule has 0 bridgehead atoms. The fraction of sp³-hybridized carbons (Fsp3) is 0.409. The van der Waals surface area contributed by atoms with Crippen molar-refractivity contribution in [2.45, 2.75) is 25.9 Å². The van der Waals surface area contributed by atoms with Gasteiger partial charge in [-0.05, 0) is 25.1 Å². The highest BCUT2D eigenvalue weighted by molar-refractivity contribution is 5.71. The molecule has 0 aromatic heterocycles. The molecule has 0 amide bonds. The minimum absolute atomic E-state index is 0.0791. The fourth-order valence-electron chi connectivity index (χ4n) is 3.30. The van der Waals surface area contributed by atoms with Crippen molar-refractivity contribution in [2.24, 2.45) is 5.92 Å². The van der Waals surface area contributed by atoms with Gasteiger partial charge in [0, 0.05) is 18.9 Å². The molecular formula is C22H29NO3. The van der Waals surface area contributed by atoms with Crippen molar-refractivity contribution in [1.29, 1.82) is 0 Å². The van der Waals surface area contributed by atoms with Gasteiger partial charge in [0.2, 0.25) is 0 Å². The maximum atomic E-state index is 11.7. The summed E-state index contributed by atoms with van der Waals surface area (Å²) in [6, 6.07) is 19.8. The van der Waals surface area contributed by atoms with Crippen LogP contribution in [0.5, 0.6) is 0 Å². The van der Waals surface area contributed by atoms with Crippen LogP contribution in [-0.2, 0) is 21.6 Å². The molecule has 0 saturated heterocycles. The molecule has 2 rings (SSSR count). The lowest BCUT2D eigenvalue weighted by Crippen LogP contribution is -2.43. The first kappa shape index (κ1) is 20.1. The third-order valence-electron chi connectivity index (χ3n) is 4.70. The Morgan fingerprint density at radius 1 is 1.12 bits per heavy atom. The summed E-state index contributed by atoms with van der Waals surface area (Å²) in [6.07, 6.45) is 0.520. The highest BCUT2D eigenvalue weighted by Crippen LogP contribution is 2.34. The summed E-state index contributed by atoms with van der Waals surface area (Å²) in [4.78, 5) is 13.6. The molecule has 140 valence electrons. The van der Waals surface area contributed by atoms with E-state index in [0.717, 1.165) is 11.1 Å². The molecule has 0 fully saturated rings. The van der Waals surface area contributed by atoms with Crippen LogP contribution in [0.2, 0.25) is 0 Å². The topological polar surface area (TPSA) is 49.8 Å². The largest absolute Gasteiger partial charge is 0.465 e. The van der Waals surface area contributed by atoms with E-state index in [-0.39, 0.29) is 18.4 Å². The van der Waals surface area contributed by atoms with Crippen LogP contribution in [-0.4, -0.2) is 42.7 Å². The lowest BCUT2D eigenvalue weighted by molar-refractivity contribution is -0.144. The van der Waals surface area contributed by atoms with Gasteiger partial charge in [0.15, 0.2) is 0 Å². The molecule has 0 aliphatic heterocycles. The van der Waals surface area contributed by atoms with E-state index in [2.05, 4.69) is 0 Å². The standard InChI is InChI=1S/C22H29NO3/c1-4-26-21(24)17-23(3)16-18(2)22(25,20-13-9-6-10-14-20)15-19-11-7-5-8-12-19/h5-14,18,25H,4,15-17H2,1-3H3. The Morgan fingerprint density at radius 2 is 1.69 bits per heavy atom. The molecule has 4 nitrogen and oxygen atoms in total. The van der Waals surface area contributed by atoms with E-state index in [9.17, 15) is 9.90 Å². The highest BCUT2D eigenvalue weighted by atomic mass is 16.5. The molecule has 0 aliphatic rings. The van der Waals surface area contributed by atoms with Crippen LogP contribution in [0.3, 0.4) is 0 Å². The van der Waals surface area contributed by atoms with Crippen LogP contribution < -0.4 is 0 Å². The molecule has 2 aromatic rings. The predicted octanol–water partition coefficient (Wildman–Crippen LogP) is 3.25. The maximum absolute atomic E-state index is 11.7. The molecular weight excluding hydrogens is 326 g/mol. The summed E-state index contributed by atoms with van der Waals surface area (Å²) in [5.74, 6) is -0.321. The van der Waals surface area contributed by atoms with Gasteiger partial charge in [-0.1, -0.05) is 67.6 Å². The van der Waals surface area contributed by atoms with E-state index < -0.39 is 5.60 Å². The molecule has 0 spiro atoms. The number of carbonyl (C=O) groups excluding carboxylic acids is 1. The maximum Gasteiger partial charge on any atom is 0.320 e. The van der Waals surface area contributed by atoms with Crippen LogP contribution in [0.1, 0.15) is 25.0 Å². The van der Waals surface area contributed by atoms with Crippen molar-refractivity contribution >= 4 is 5.97 Å². The Morgan fingerprint density at radius 3 is 2.27 bits per heavy atom. The summed E-state index contributed by atoms with van der Waals surface area (Å²) in [5.41, 5.74) is 0.950. The van der Waals surface area contributed by atoms with E-state index in [1.807, 2.05) is 79.5 Å². The van der Waals surface area contributed by atoms with Gasteiger partial charge in [-0.25, -0.2) is 0 Å². The van der Waals surface area contributed by atoms with Crippen molar-refractivity contribution in [1.82, 2.24) is 4.90 Å². The number of nitrogens with zero attached hydrogens (tertiary/aromatic N) is 1. The van der Waals surface area contributed by atoms with Crippen LogP contribution in [0.4, 0.5) is 0 Å². The van der Waals surface area contributed by atoms with Gasteiger partial charge < -0.3 is 9.84 Å². The van der Waals surface area contributed by atoms with Crippen LogP contribution >= 0.6 is 0 Å². The molecule has 26 heavy (non-hydrogen) atoms. The van der Waals surface area contributed by atoms with Crippen LogP contribution in [0.25, 0.3) is 0 Å². The van der Waals surface area contributed by atoms with Crippen molar-refractivity contribution in [3.05, 3.63) is 71.8 Å². The van der Waals surface area contributed by atoms with E-state index >= 15 is 0 Å². The second-order valence-electron chi connectivity index (χ2n) is 6.86. The summed E-state index contributed by atoms with van der Waals surface area (Å²) in [6.45, 7) is 5.00. The summed E-state index contributed by atoms with van der Waals surface area (Å²) in [7, 11) is 1.88. The van der Waals surface area contributed by atoms with Crippen molar-refractivity contribution in [3.63, 3.8) is 0 Å². The smallest absolute Gasteiger partial charge is 0.320 e. The van der Waals surface area contributed by atoms with Gasteiger partial charge in [0.25, 0.3) is 0 Å². The van der Waals surface area contributed by atoms with E-state index in [4.69, 9.17) is 4.74 Å². The minimum Gasteiger partial charge on any atom is -0.465 e. The number of ether oxygens (including phenoxy) is 1. The minimum atomic E-state index is -1.02. The predicted molar refractivity (Wildman–Crippen MR) is 104 cm³/mol. The van der Waals surface area contributed by atoms with Gasteiger partial charge in [0.1, 0.15) is 0 Å². The molecule has 0 radical (unpaired) electrons. The quantitative estimate of drug-likeness (QED) is 0.702. The second-order valence-corrected chi connectivity index (χ2v) is 6.86. The number of benzene rings is 2. The Bertz CT molecular complexity index is 674. The molecule has 1 N–H and O–H groups in total. The zero-order valence-electron chi connectivity index (χ0n) is 15.9. The SMILES string of the molecule is CCOC(=O)CN(C)CC(C)C(O)(Cc1ccccc1)c1ccccc1. The molecule has 0 heterocycles. The lowest BCUT2D eigenvalue weighted by atomic mass is 9.77. The summed E-state index contributed by atoms with van der Waals surface area (Å²) in [5, 5.41) is 11.6. The third kappa shape index (κ3) is 5.41. The first-order chi connectivity index (χ1) is 12.5. The third-order valence-corrected chi connectivity index (χ3v) is 4.70. The monoisotopic (exact) mass is 355 g/mol. The first-order valence-electron chi connectivity index (χ1n) is 9.11. The molecule has 2 atom stereocenters. The van der Waals surface area contributed by atoms with E-state index in [1.165, 1.54) is 0 Å². The summed E-state index contributed by atoms with van der Waals surface area (Å²) < 4.78 is 5.02. The van der Waals surface area contributed by atoms with Gasteiger partial charge in [-0.15, -0.1) is 0 Å². The Kier molecular flexibility index (Phi) is 7.37. The van der Waals surface area contributed by atoms with E-state index in [0.29, 0.717) is 19.6 Å². The number of likely N-dealkylation sites (N-methyl/N-ethyl adjacent to an activating group) is 1. The average Bonchev–Trinajstić information content (AvgIpc) is 2.63. The number of hydrogen-bond donors (Lipinski definition) is 1. The van der Waals surface area contributed by atoms with Gasteiger partial charge in [0.05, 0.1) is 18.8 Å². The number of aliphatic hydroxyl groups is 1. The molecule has 4 heteroatoms.